The van der Waals surface area contributed by atoms with Crippen LogP contribution >= 0.6 is 38.9 Å². The van der Waals surface area contributed by atoms with Crippen molar-refractivity contribution >= 4 is 44.8 Å². The van der Waals surface area contributed by atoms with Gasteiger partial charge in [0.1, 0.15) is 5.38 Å². The number of hydrogen-bond donors (Lipinski definition) is 1. The molecule has 1 aromatic rings. The Labute approximate surface area is 101 Å². The number of amides is 1. The molecule has 0 aliphatic heterocycles. The largest absolute Gasteiger partial charge is 0.355 e. The normalized spacial score (nSPS) is 12.5. The van der Waals surface area contributed by atoms with Gasteiger partial charge in [-0.05, 0) is 34.5 Å². The molecule has 0 saturated carbocycles. The second-order valence-corrected chi connectivity index (χ2v) is 5.73. The summed E-state index contributed by atoms with van der Waals surface area (Å²) in [6, 6.07) is 3.75. The average molecular weight is 297 g/mol. The molecule has 1 atom stereocenters. The molecule has 5 heteroatoms. The van der Waals surface area contributed by atoms with Crippen LogP contribution in [-0.4, -0.2) is 12.5 Å². The number of alkyl halides is 1. The first-order chi connectivity index (χ1) is 6.65. The highest BCUT2D eigenvalue weighted by atomic mass is 79.9. The van der Waals surface area contributed by atoms with Crippen molar-refractivity contribution in [1.29, 1.82) is 0 Å². The minimum absolute atomic E-state index is 0.122. The maximum Gasteiger partial charge on any atom is 0.243 e. The molecule has 0 saturated heterocycles. The summed E-state index contributed by atoms with van der Waals surface area (Å²) in [6.07, 6.45) is 0.920. The molecule has 0 fully saturated rings. The Bertz CT molecular complexity index is 316. The zero-order chi connectivity index (χ0) is 10.6. The maximum atomic E-state index is 11.5. The van der Waals surface area contributed by atoms with Gasteiger partial charge in [-0.15, -0.1) is 22.9 Å². The fraction of sp³-hybridized carbons (Fsp3) is 0.444. The van der Waals surface area contributed by atoms with Crippen molar-refractivity contribution < 1.29 is 4.79 Å². The third-order valence-electron chi connectivity index (χ3n) is 1.62. The molecule has 1 unspecified atom stereocenters. The second-order valence-electron chi connectivity index (χ2n) is 2.80. The summed E-state index contributed by atoms with van der Waals surface area (Å²) < 4.78 is 0.987. The lowest BCUT2D eigenvalue weighted by molar-refractivity contribution is -0.120. The highest BCUT2D eigenvalue weighted by molar-refractivity contribution is 9.11. The van der Waals surface area contributed by atoms with Crippen LogP contribution in [0.5, 0.6) is 0 Å². The Kier molecular flexibility index (Phi) is 4.92. The summed E-state index contributed by atoms with van der Waals surface area (Å²) in [5.41, 5.74) is 0. The van der Waals surface area contributed by atoms with E-state index in [0.717, 1.165) is 15.1 Å². The van der Waals surface area contributed by atoms with Gasteiger partial charge in [0, 0.05) is 11.4 Å². The van der Waals surface area contributed by atoms with Gasteiger partial charge in [-0.3, -0.25) is 4.79 Å². The average Bonchev–Trinajstić information content (AvgIpc) is 2.60. The Morgan fingerprint density at radius 3 is 2.93 bits per heavy atom. The van der Waals surface area contributed by atoms with E-state index in [1.807, 2.05) is 19.1 Å². The number of thiophene rings is 1. The fourth-order valence-electron chi connectivity index (χ4n) is 0.932. The zero-order valence-corrected chi connectivity index (χ0v) is 10.9. The van der Waals surface area contributed by atoms with Crippen LogP contribution in [-0.2, 0) is 4.79 Å². The van der Waals surface area contributed by atoms with E-state index in [2.05, 4.69) is 21.2 Å². The summed E-state index contributed by atoms with van der Waals surface area (Å²) >= 11 is 10.8. The number of halogens is 2. The zero-order valence-electron chi connectivity index (χ0n) is 7.72. The van der Waals surface area contributed by atoms with Gasteiger partial charge < -0.3 is 5.32 Å². The predicted octanol–water partition coefficient (Wildman–Crippen LogP) is 3.32. The van der Waals surface area contributed by atoms with E-state index in [4.69, 9.17) is 11.6 Å². The smallest absolute Gasteiger partial charge is 0.243 e. The minimum atomic E-state index is -0.571. The highest BCUT2D eigenvalue weighted by Gasteiger charge is 2.18. The number of nitrogens with one attached hydrogen (secondary N) is 1. The molecule has 2 nitrogen and oxygen atoms in total. The van der Waals surface area contributed by atoms with E-state index in [9.17, 15) is 4.79 Å². The van der Waals surface area contributed by atoms with Crippen molar-refractivity contribution in [3.05, 3.63) is 20.8 Å². The molecule has 0 bridgehead atoms. The van der Waals surface area contributed by atoms with Crippen molar-refractivity contribution in [3.63, 3.8) is 0 Å². The van der Waals surface area contributed by atoms with E-state index in [-0.39, 0.29) is 5.91 Å². The first-order valence-electron chi connectivity index (χ1n) is 4.32. The summed E-state index contributed by atoms with van der Waals surface area (Å²) in [5, 5.41) is 2.19. The summed E-state index contributed by atoms with van der Waals surface area (Å²) in [6.45, 7) is 2.68. The SMILES string of the molecule is CCCNC(=O)C(Cl)c1ccc(Br)s1. The van der Waals surface area contributed by atoms with Gasteiger partial charge in [0.2, 0.25) is 5.91 Å². The lowest BCUT2D eigenvalue weighted by atomic mass is 10.3. The van der Waals surface area contributed by atoms with Crippen LogP contribution in [0.2, 0.25) is 0 Å². The van der Waals surface area contributed by atoms with Gasteiger partial charge in [-0.25, -0.2) is 0 Å². The van der Waals surface area contributed by atoms with Gasteiger partial charge in [-0.2, -0.15) is 0 Å². The van der Waals surface area contributed by atoms with Crippen LogP contribution in [0.3, 0.4) is 0 Å². The van der Waals surface area contributed by atoms with Crippen LogP contribution in [0.15, 0.2) is 15.9 Å². The molecule has 1 amide bonds. The van der Waals surface area contributed by atoms with Crippen molar-refractivity contribution in [2.24, 2.45) is 0 Å². The molecule has 14 heavy (non-hydrogen) atoms. The van der Waals surface area contributed by atoms with Gasteiger partial charge in [0.25, 0.3) is 0 Å². The van der Waals surface area contributed by atoms with E-state index >= 15 is 0 Å². The Morgan fingerprint density at radius 2 is 2.43 bits per heavy atom. The summed E-state index contributed by atoms with van der Waals surface area (Å²) in [5.74, 6) is -0.122. The number of rotatable bonds is 4. The van der Waals surface area contributed by atoms with Crippen LogP contribution in [0.25, 0.3) is 0 Å². The van der Waals surface area contributed by atoms with E-state index in [1.54, 1.807) is 0 Å². The number of carbonyl (C=O) groups excluding carboxylic acids is 1. The topological polar surface area (TPSA) is 29.1 Å². The van der Waals surface area contributed by atoms with Crippen LogP contribution in [0.4, 0.5) is 0 Å². The molecular formula is C9H11BrClNOS. The molecule has 1 rings (SSSR count). The Morgan fingerprint density at radius 1 is 1.71 bits per heavy atom. The minimum Gasteiger partial charge on any atom is -0.355 e. The highest BCUT2D eigenvalue weighted by Crippen LogP contribution is 2.30. The molecule has 0 spiro atoms. The molecule has 0 aliphatic rings. The van der Waals surface area contributed by atoms with Crippen LogP contribution in [0, 0.1) is 0 Å². The van der Waals surface area contributed by atoms with Crippen molar-refractivity contribution in [2.75, 3.05) is 6.54 Å². The fourth-order valence-corrected chi connectivity index (χ4v) is 2.62. The lowest BCUT2D eigenvalue weighted by Gasteiger charge is -2.07. The monoisotopic (exact) mass is 295 g/mol. The molecule has 1 aromatic heterocycles. The maximum absolute atomic E-state index is 11.5. The molecule has 0 aromatic carbocycles. The first kappa shape index (κ1) is 12.0. The number of hydrogen-bond acceptors (Lipinski definition) is 2. The third-order valence-corrected chi connectivity index (χ3v) is 3.87. The molecule has 0 radical (unpaired) electrons. The van der Waals surface area contributed by atoms with E-state index in [1.165, 1.54) is 11.3 Å². The predicted molar refractivity (Wildman–Crippen MR) is 63.9 cm³/mol. The molecule has 1 N–H and O–H groups in total. The standard InChI is InChI=1S/C9H11BrClNOS/c1-2-5-12-9(13)8(11)6-3-4-7(10)14-6/h3-4,8H,2,5H2,1H3,(H,12,13). The van der Waals surface area contributed by atoms with Crippen molar-refractivity contribution in [3.8, 4) is 0 Å². The number of carbonyl (C=O) groups is 1. The molecule has 78 valence electrons. The van der Waals surface area contributed by atoms with E-state index in [0.29, 0.717) is 6.54 Å². The summed E-state index contributed by atoms with van der Waals surface area (Å²) in [4.78, 5) is 12.3. The quantitative estimate of drug-likeness (QED) is 0.849. The third kappa shape index (κ3) is 3.26. The molecule has 1 heterocycles. The summed E-state index contributed by atoms with van der Waals surface area (Å²) in [7, 11) is 0. The first-order valence-corrected chi connectivity index (χ1v) is 6.36. The van der Waals surface area contributed by atoms with Crippen LogP contribution < -0.4 is 5.32 Å². The van der Waals surface area contributed by atoms with Gasteiger partial charge in [0.15, 0.2) is 0 Å². The Balaban J connectivity index is 2.56. The van der Waals surface area contributed by atoms with Crippen molar-refractivity contribution in [2.45, 2.75) is 18.7 Å². The van der Waals surface area contributed by atoms with Gasteiger partial charge >= 0.3 is 0 Å². The molecule has 0 aliphatic carbocycles. The lowest BCUT2D eigenvalue weighted by Crippen LogP contribution is -2.27. The Hall–Kier alpha value is -0.0600. The van der Waals surface area contributed by atoms with Gasteiger partial charge in [-0.1, -0.05) is 6.92 Å². The molecular weight excluding hydrogens is 286 g/mol. The van der Waals surface area contributed by atoms with E-state index < -0.39 is 5.38 Å². The van der Waals surface area contributed by atoms with Crippen LogP contribution in [0.1, 0.15) is 23.6 Å². The second kappa shape index (κ2) is 5.73. The van der Waals surface area contributed by atoms with Crippen molar-refractivity contribution in [1.82, 2.24) is 5.32 Å². The van der Waals surface area contributed by atoms with Gasteiger partial charge in [0.05, 0.1) is 3.79 Å².